The second-order valence-corrected chi connectivity index (χ2v) is 6.37. The minimum Gasteiger partial charge on any atom is -0.481 e. The number of aromatic nitrogens is 2. The van der Waals surface area contributed by atoms with Crippen LogP contribution >= 0.6 is 0 Å². The highest BCUT2D eigenvalue weighted by Crippen LogP contribution is 2.40. The molecule has 0 radical (unpaired) electrons. The van der Waals surface area contributed by atoms with Gasteiger partial charge in [-0.25, -0.2) is 0 Å². The first-order valence-corrected chi connectivity index (χ1v) is 7.65. The van der Waals surface area contributed by atoms with E-state index in [2.05, 4.69) is 15.3 Å². The Hall–Kier alpha value is -1.89. The van der Waals surface area contributed by atoms with Gasteiger partial charge in [0, 0.05) is 44.0 Å². The molecule has 1 aromatic rings. The Morgan fingerprint density at radius 1 is 1.50 bits per heavy atom. The molecule has 0 aromatic carbocycles. The van der Waals surface area contributed by atoms with E-state index in [1.165, 1.54) is 0 Å². The first kappa shape index (κ1) is 15.0. The summed E-state index contributed by atoms with van der Waals surface area (Å²) < 4.78 is 1.96. The molecule has 0 bridgehead atoms. The number of nitrogens with zero attached hydrogens (tertiary/aromatic N) is 3. The smallest absolute Gasteiger partial charge is 0.313 e. The molecule has 2 N–H and O–H groups in total. The molecule has 1 aromatic heterocycles. The molecule has 2 atom stereocenters. The van der Waals surface area contributed by atoms with Crippen molar-refractivity contribution >= 4 is 11.9 Å². The average molecular weight is 306 g/mol. The van der Waals surface area contributed by atoms with Crippen molar-refractivity contribution < 1.29 is 14.7 Å². The van der Waals surface area contributed by atoms with Crippen LogP contribution < -0.4 is 5.32 Å². The zero-order chi connectivity index (χ0) is 16.1. The van der Waals surface area contributed by atoms with E-state index in [0.717, 1.165) is 23.5 Å². The van der Waals surface area contributed by atoms with E-state index < -0.39 is 17.3 Å². The van der Waals surface area contributed by atoms with Crippen molar-refractivity contribution in [2.45, 2.75) is 33.9 Å². The third kappa shape index (κ3) is 2.03. The van der Waals surface area contributed by atoms with Crippen molar-refractivity contribution in [3.63, 3.8) is 0 Å². The lowest BCUT2D eigenvalue weighted by molar-refractivity contribution is -0.149. The maximum Gasteiger partial charge on any atom is 0.313 e. The summed E-state index contributed by atoms with van der Waals surface area (Å²) in [6.07, 6.45) is 0. The summed E-state index contributed by atoms with van der Waals surface area (Å²) in [7, 11) is 0. The molecule has 2 aliphatic heterocycles. The van der Waals surface area contributed by atoms with Crippen molar-refractivity contribution in [1.29, 1.82) is 0 Å². The van der Waals surface area contributed by atoms with E-state index in [4.69, 9.17) is 0 Å². The molecule has 2 fully saturated rings. The number of nitrogens with one attached hydrogen (secondary N) is 1. The number of carbonyl (C=O) groups excluding carboxylic acids is 1. The van der Waals surface area contributed by atoms with Crippen LogP contribution in [0.2, 0.25) is 0 Å². The van der Waals surface area contributed by atoms with Crippen LogP contribution in [0.15, 0.2) is 0 Å². The monoisotopic (exact) mass is 306 g/mol. The van der Waals surface area contributed by atoms with E-state index in [-0.39, 0.29) is 12.5 Å². The fraction of sp³-hybridized carbons (Fsp3) is 0.667. The van der Waals surface area contributed by atoms with E-state index in [9.17, 15) is 14.7 Å². The van der Waals surface area contributed by atoms with Crippen molar-refractivity contribution in [1.82, 2.24) is 20.0 Å². The Morgan fingerprint density at radius 2 is 2.23 bits per heavy atom. The Labute approximate surface area is 129 Å². The lowest BCUT2D eigenvalue weighted by atomic mass is 9.81. The molecule has 1 amide bonds. The van der Waals surface area contributed by atoms with Gasteiger partial charge in [-0.3, -0.25) is 19.2 Å². The molecule has 22 heavy (non-hydrogen) atoms. The molecule has 3 heterocycles. The minimum atomic E-state index is -0.973. The minimum absolute atomic E-state index is 0.136. The summed E-state index contributed by atoms with van der Waals surface area (Å²) in [5.74, 6) is -1.47. The van der Waals surface area contributed by atoms with Gasteiger partial charge in [0.25, 0.3) is 0 Å². The largest absolute Gasteiger partial charge is 0.481 e. The topological polar surface area (TPSA) is 87.5 Å². The van der Waals surface area contributed by atoms with E-state index in [1.54, 1.807) is 0 Å². The number of aryl methyl sites for hydroxylation is 2. The summed E-state index contributed by atoms with van der Waals surface area (Å²) in [5.41, 5.74) is 2.26. The van der Waals surface area contributed by atoms with Gasteiger partial charge in [-0.15, -0.1) is 0 Å². The fourth-order valence-electron chi connectivity index (χ4n) is 3.79. The number of carboxylic acid groups (broad SMARTS) is 1. The number of fused-ring (bicyclic) bond motifs is 1. The van der Waals surface area contributed by atoms with E-state index in [0.29, 0.717) is 19.6 Å². The van der Waals surface area contributed by atoms with Crippen molar-refractivity contribution in [2.75, 3.05) is 19.6 Å². The summed E-state index contributed by atoms with van der Waals surface area (Å²) in [4.78, 5) is 25.7. The molecule has 2 aliphatic rings. The van der Waals surface area contributed by atoms with Gasteiger partial charge in [-0.1, -0.05) is 0 Å². The number of amides is 1. The first-order chi connectivity index (χ1) is 10.4. The molecule has 3 rings (SSSR count). The summed E-state index contributed by atoms with van der Waals surface area (Å²) in [6.45, 7) is 8.66. The standard InChI is InChI=1S/C15H22N4O3/c1-4-19-10(3)11(9(2)17-19)5-18-6-12-13(20)16-7-15(12,8-18)14(21)22/h12H,4-8H2,1-3H3,(H,16,20)(H,21,22)/t12-,15+/m0/s1. The molecule has 2 saturated heterocycles. The van der Waals surface area contributed by atoms with Crippen LogP contribution in [0, 0.1) is 25.2 Å². The zero-order valence-corrected chi connectivity index (χ0v) is 13.2. The van der Waals surface area contributed by atoms with Gasteiger partial charge in [0.1, 0.15) is 5.41 Å². The predicted molar refractivity (Wildman–Crippen MR) is 79.2 cm³/mol. The normalized spacial score (nSPS) is 28.0. The van der Waals surface area contributed by atoms with Gasteiger partial charge in [-0.05, 0) is 20.8 Å². The zero-order valence-electron chi connectivity index (χ0n) is 13.2. The van der Waals surface area contributed by atoms with E-state index in [1.807, 2.05) is 25.5 Å². The number of likely N-dealkylation sites (tertiary alicyclic amines) is 1. The van der Waals surface area contributed by atoms with Crippen LogP contribution in [0.25, 0.3) is 0 Å². The highest BCUT2D eigenvalue weighted by Gasteiger charge is 2.59. The number of carboxylic acids is 1. The highest BCUT2D eigenvalue weighted by molar-refractivity contribution is 5.92. The number of carbonyl (C=O) groups is 2. The van der Waals surface area contributed by atoms with Crippen LogP contribution in [0.3, 0.4) is 0 Å². The summed E-state index contributed by atoms with van der Waals surface area (Å²) in [5, 5.41) is 16.8. The highest BCUT2D eigenvalue weighted by atomic mass is 16.4. The molecule has 7 nitrogen and oxygen atoms in total. The van der Waals surface area contributed by atoms with Gasteiger partial charge in [0.15, 0.2) is 0 Å². The fourth-order valence-corrected chi connectivity index (χ4v) is 3.79. The Bertz CT molecular complexity index is 639. The number of hydrogen-bond acceptors (Lipinski definition) is 4. The number of rotatable bonds is 4. The van der Waals surface area contributed by atoms with Gasteiger partial charge in [-0.2, -0.15) is 5.10 Å². The first-order valence-electron chi connectivity index (χ1n) is 7.65. The van der Waals surface area contributed by atoms with E-state index >= 15 is 0 Å². The lowest BCUT2D eigenvalue weighted by Gasteiger charge is -2.22. The van der Waals surface area contributed by atoms with Gasteiger partial charge in [0.05, 0.1) is 11.6 Å². The Balaban J connectivity index is 1.83. The third-order valence-electron chi connectivity index (χ3n) is 5.15. The van der Waals surface area contributed by atoms with Crippen molar-refractivity contribution in [3.8, 4) is 0 Å². The van der Waals surface area contributed by atoms with Gasteiger partial charge in [0.2, 0.25) is 5.91 Å². The van der Waals surface area contributed by atoms with Crippen LogP contribution in [-0.4, -0.2) is 51.3 Å². The molecule has 0 spiro atoms. The summed E-state index contributed by atoms with van der Waals surface area (Å²) >= 11 is 0. The Kier molecular flexibility index (Phi) is 3.47. The van der Waals surface area contributed by atoms with Gasteiger partial charge < -0.3 is 10.4 Å². The van der Waals surface area contributed by atoms with Crippen molar-refractivity contribution in [2.24, 2.45) is 11.3 Å². The van der Waals surface area contributed by atoms with Crippen LogP contribution in [0.4, 0.5) is 0 Å². The predicted octanol–water partition coefficient (Wildman–Crippen LogP) is 0.152. The van der Waals surface area contributed by atoms with Crippen LogP contribution in [-0.2, 0) is 22.7 Å². The number of hydrogen-bond donors (Lipinski definition) is 2. The molecule has 0 unspecified atom stereocenters. The third-order valence-corrected chi connectivity index (χ3v) is 5.15. The second-order valence-electron chi connectivity index (χ2n) is 6.37. The second kappa shape index (κ2) is 5.08. The molecule has 7 heteroatoms. The van der Waals surface area contributed by atoms with Crippen LogP contribution in [0.1, 0.15) is 23.9 Å². The van der Waals surface area contributed by atoms with Gasteiger partial charge >= 0.3 is 5.97 Å². The average Bonchev–Trinajstić information content (AvgIpc) is 3.07. The SMILES string of the molecule is CCn1nc(C)c(CN2C[C@H]3C(=O)NC[C@@]3(C(=O)O)C2)c1C. The number of aliphatic carboxylic acids is 1. The molecule has 0 saturated carbocycles. The van der Waals surface area contributed by atoms with Crippen molar-refractivity contribution in [3.05, 3.63) is 17.0 Å². The molecule has 0 aliphatic carbocycles. The molecular weight excluding hydrogens is 284 g/mol. The Morgan fingerprint density at radius 3 is 2.77 bits per heavy atom. The summed E-state index contributed by atoms with van der Waals surface area (Å²) in [6, 6.07) is 0. The molecule has 120 valence electrons. The maximum absolute atomic E-state index is 11.9. The lowest BCUT2D eigenvalue weighted by Crippen LogP contribution is -2.40. The van der Waals surface area contributed by atoms with Crippen LogP contribution in [0.5, 0.6) is 0 Å². The molecular formula is C15H22N4O3. The quantitative estimate of drug-likeness (QED) is 0.827. The maximum atomic E-state index is 11.9.